The lowest BCUT2D eigenvalue weighted by molar-refractivity contribution is -0.170. The normalized spacial score (nSPS) is 23.7. The van der Waals surface area contributed by atoms with E-state index in [1.54, 1.807) is 20.0 Å². The molecule has 4 rings (SSSR count). The number of carbonyl (C=O) groups is 2. The third-order valence-electron chi connectivity index (χ3n) is 6.84. The van der Waals surface area contributed by atoms with Crippen molar-refractivity contribution in [2.45, 2.75) is 89.9 Å². The number of hydrogen-bond donors (Lipinski definition) is 2. The molecule has 1 saturated heterocycles. The Labute approximate surface area is 212 Å². The van der Waals surface area contributed by atoms with Gasteiger partial charge in [0.05, 0.1) is 18.8 Å². The van der Waals surface area contributed by atoms with Crippen molar-refractivity contribution in [2.24, 2.45) is 5.92 Å². The van der Waals surface area contributed by atoms with Crippen LogP contribution in [0.2, 0.25) is 0 Å². The van der Waals surface area contributed by atoms with E-state index in [4.69, 9.17) is 14.2 Å². The third kappa shape index (κ3) is 5.87. The molecule has 1 aliphatic heterocycles. The first-order valence-electron chi connectivity index (χ1n) is 12.6. The Morgan fingerprint density at radius 2 is 2.00 bits per heavy atom. The molecule has 36 heavy (non-hydrogen) atoms. The van der Waals surface area contributed by atoms with Gasteiger partial charge in [0.1, 0.15) is 0 Å². The molecule has 2 aliphatic rings. The smallest absolute Gasteiger partial charge is 0.404 e. The number of ether oxygens (including phenoxy) is 3. The minimum atomic E-state index is -1.51. The molecule has 0 spiro atoms. The van der Waals surface area contributed by atoms with Gasteiger partial charge in [0, 0.05) is 32.2 Å². The average Bonchev–Trinajstić information content (AvgIpc) is 3.05. The minimum absolute atomic E-state index is 0.0934. The number of hydrogen-bond acceptors (Lipinski definition) is 6. The van der Waals surface area contributed by atoms with Crippen LogP contribution in [-0.4, -0.2) is 45.7 Å². The number of amides is 1. The number of pyridine rings is 1. The van der Waals surface area contributed by atoms with Crippen molar-refractivity contribution in [3.63, 3.8) is 0 Å². The van der Waals surface area contributed by atoms with Crippen molar-refractivity contribution in [1.82, 2.24) is 10.3 Å². The van der Waals surface area contributed by atoms with Crippen molar-refractivity contribution in [1.29, 1.82) is 0 Å². The summed E-state index contributed by atoms with van der Waals surface area (Å²) in [5, 5.41) is 12.1. The summed E-state index contributed by atoms with van der Waals surface area (Å²) in [5.41, 5.74) is 2.59. The van der Waals surface area contributed by atoms with Crippen molar-refractivity contribution in [2.75, 3.05) is 0 Å². The van der Waals surface area contributed by atoms with E-state index in [0.717, 1.165) is 41.6 Å². The van der Waals surface area contributed by atoms with Crippen LogP contribution in [0, 0.1) is 5.92 Å². The molecule has 2 heterocycles. The Morgan fingerprint density at radius 1 is 1.25 bits per heavy atom. The third-order valence-corrected chi connectivity index (χ3v) is 6.84. The molecular weight excluding hydrogens is 460 g/mol. The Bertz CT molecular complexity index is 1090. The maximum absolute atomic E-state index is 13.3. The molecule has 3 atom stereocenters. The van der Waals surface area contributed by atoms with Crippen LogP contribution in [0.4, 0.5) is 4.79 Å². The van der Waals surface area contributed by atoms with Crippen molar-refractivity contribution >= 4 is 12.1 Å². The summed E-state index contributed by atoms with van der Waals surface area (Å²) in [7, 11) is 0. The quantitative estimate of drug-likeness (QED) is 0.495. The van der Waals surface area contributed by atoms with Crippen molar-refractivity contribution in [3.8, 4) is 0 Å². The summed E-state index contributed by atoms with van der Waals surface area (Å²) in [5.74, 6) is -1.61. The van der Waals surface area contributed by atoms with Gasteiger partial charge in [-0.25, -0.2) is 9.59 Å². The van der Waals surface area contributed by atoms with Crippen LogP contribution in [0.25, 0.3) is 0 Å². The van der Waals surface area contributed by atoms with Crippen LogP contribution in [0.5, 0.6) is 0 Å². The molecule has 1 aliphatic carbocycles. The van der Waals surface area contributed by atoms with Gasteiger partial charge in [-0.2, -0.15) is 0 Å². The maximum Gasteiger partial charge on any atom is 0.404 e. The minimum Gasteiger partial charge on any atom is -0.465 e. The highest BCUT2D eigenvalue weighted by molar-refractivity contribution is 5.84. The number of carbonyl (C=O) groups excluding carboxylic acids is 1. The van der Waals surface area contributed by atoms with Gasteiger partial charge in [-0.05, 0) is 54.4 Å². The predicted molar refractivity (Wildman–Crippen MR) is 133 cm³/mol. The van der Waals surface area contributed by atoms with Crippen LogP contribution in [0.1, 0.15) is 62.9 Å². The van der Waals surface area contributed by atoms with E-state index < -0.39 is 29.5 Å². The van der Waals surface area contributed by atoms with Crippen LogP contribution < -0.4 is 5.32 Å². The van der Waals surface area contributed by atoms with Crippen LogP contribution in [0.15, 0.2) is 42.6 Å². The highest BCUT2D eigenvalue weighted by atomic mass is 16.8. The van der Waals surface area contributed by atoms with Crippen molar-refractivity contribution < 1.29 is 28.9 Å². The Balaban J connectivity index is 1.59. The lowest BCUT2D eigenvalue weighted by atomic mass is 9.80. The fraction of sp³-hybridized carbons (Fsp3) is 0.536. The summed E-state index contributed by atoms with van der Waals surface area (Å²) < 4.78 is 18.0. The molecule has 2 aromatic rings. The van der Waals surface area contributed by atoms with Gasteiger partial charge in [0.25, 0.3) is 0 Å². The number of fused-ring (bicyclic) bond motifs is 1. The molecule has 8 heteroatoms. The second-order valence-corrected chi connectivity index (χ2v) is 10.6. The number of nitrogens with one attached hydrogen (secondary N) is 1. The summed E-state index contributed by atoms with van der Waals surface area (Å²) in [6, 6.07) is 11.3. The van der Waals surface area contributed by atoms with Gasteiger partial charge in [-0.3, -0.25) is 4.98 Å². The molecule has 1 aromatic heterocycles. The molecule has 1 fully saturated rings. The second-order valence-electron chi connectivity index (χ2n) is 10.6. The molecule has 0 saturated carbocycles. The summed E-state index contributed by atoms with van der Waals surface area (Å²) >= 11 is 0. The Morgan fingerprint density at radius 3 is 2.64 bits per heavy atom. The number of rotatable bonds is 9. The first-order valence-corrected chi connectivity index (χ1v) is 12.6. The highest BCUT2D eigenvalue weighted by Gasteiger charge is 2.59. The van der Waals surface area contributed by atoms with E-state index in [9.17, 15) is 14.7 Å². The average molecular weight is 497 g/mol. The zero-order chi connectivity index (χ0) is 25.9. The van der Waals surface area contributed by atoms with Crippen LogP contribution in [0.3, 0.4) is 0 Å². The Kier molecular flexibility index (Phi) is 7.66. The lowest BCUT2D eigenvalue weighted by Gasteiger charge is -2.36. The fourth-order valence-electron chi connectivity index (χ4n) is 5.30. The molecule has 1 unspecified atom stereocenters. The number of cyclic esters (lactones) is 1. The molecule has 194 valence electrons. The number of benzene rings is 1. The van der Waals surface area contributed by atoms with Gasteiger partial charge in [0.2, 0.25) is 5.79 Å². The zero-order valence-corrected chi connectivity index (χ0v) is 21.5. The number of carboxylic acid groups (broad SMARTS) is 1. The SMILES string of the molecule is CC(C)C[C@H](NC(=O)O)[C@@]1(Cc2nccc3c2CCC(OCc2ccccc2)C3)OC(C)(C)OC1=O. The molecular formula is C28H36N2O6. The van der Waals surface area contributed by atoms with Crippen LogP contribution in [-0.2, 0) is 44.9 Å². The number of esters is 1. The lowest BCUT2D eigenvalue weighted by Crippen LogP contribution is -2.58. The Hall–Kier alpha value is -2.97. The van der Waals surface area contributed by atoms with E-state index in [1.807, 2.05) is 38.1 Å². The summed E-state index contributed by atoms with van der Waals surface area (Å²) in [6.45, 7) is 7.86. The standard InChI is InChI=1S/C28H36N2O6/c1-18(2)14-24(30-26(32)33)28(25(31)35-27(3,4)36-28)16-23-22-11-10-21(15-20(22)12-13-29-23)34-17-19-8-6-5-7-9-19/h5-9,12-13,18,21,24,30H,10-11,14-17H2,1-4H3,(H,32,33)/t21?,24-,28+/m0/s1. The predicted octanol–water partition coefficient (Wildman–Crippen LogP) is 4.43. The summed E-state index contributed by atoms with van der Waals surface area (Å²) in [6.07, 6.45) is 3.53. The molecule has 1 amide bonds. The van der Waals surface area contributed by atoms with Gasteiger partial charge >= 0.3 is 12.1 Å². The molecule has 0 radical (unpaired) electrons. The topological polar surface area (TPSA) is 107 Å². The van der Waals surface area contributed by atoms with Gasteiger partial charge in [0.15, 0.2) is 5.60 Å². The van der Waals surface area contributed by atoms with Gasteiger partial charge in [-0.1, -0.05) is 44.2 Å². The van der Waals surface area contributed by atoms with Crippen LogP contribution >= 0.6 is 0 Å². The highest BCUT2D eigenvalue weighted by Crippen LogP contribution is 2.40. The second kappa shape index (κ2) is 10.6. The first-order chi connectivity index (χ1) is 17.1. The number of nitrogens with zero attached hydrogens (tertiary/aromatic N) is 1. The van der Waals surface area contributed by atoms with E-state index >= 15 is 0 Å². The number of aromatic nitrogens is 1. The van der Waals surface area contributed by atoms with Gasteiger partial charge < -0.3 is 24.6 Å². The molecule has 8 nitrogen and oxygen atoms in total. The maximum atomic E-state index is 13.3. The largest absolute Gasteiger partial charge is 0.465 e. The summed E-state index contributed by atoms with van der Waals surface area (Å²) in [4.78, 5) is 29.7. The first kappa shape index (κ1) is 26.1. The zero-order valence-electron chi connectivity index (χ0n) is 21.5. The van der Waals surface area contributed by atoms with E-state index in [2.05, 4.69) is 22.4 Å². The molecule has 0 bridgehead atoms. The van der Waals surface area contributed by atoms with E-state index in [0.29, 0.717) is 13.0 Å². The van der Waals surface area contributed by atoms with E-state index in [-0.39, 0.29) is 18.4 Å². The fourth-order valence-corrected chi connectivity index (χ4v) is 5.30. The van der Waals surface area contributed by atoms with Gasteiger partial charge in [-0.15, -0.1) is 0 Å². The molecule has 2 N–H and O–H groups in total. The monoisotopic (exact) mass is 496 g/mol. The van der Waals surface area contributed by atoms with Crippen molar-refractivity contribution in [3.05, 3.63) is 65.0 Å². The molecule has 1 aromatic carbocycles. The van der Waals surface area contributed by atoms with E-state index in [1.165, 1.54) is 0 Å².